The molecule has 156 valence electrons. The van der Waals surface area contributed by atoms with Gasteiger partial charge in [0.25, 0.3) is 5.91 Å². The van der Waals surface area contributed by atoms with E-state index in [0.29, 0.717) is 32.0 Å². The molecule has 1 aromatic carbocycles. The first-order chi connectivity index (χ1) is 13.9. The standard InChI is InChI=1S/C22H30N4O2S/c1-16-20(29-21(24-16)18-7-5-4-6-8-18)22(28)26-12-9-17(10-13-26)15-19(27)23-11-14-25(2)3/h4-8,17H,9-15H2,1-3H3,(H,23,27). The number of piperidine rings is 1. The van der Waals surface area contributed by atoms with Crippen molar-refractivity contribution < 1.29 is 9.59 Å². The van der Waals surface area contributed by atoms with Crippen molar-refractivity contribution in [3.8, 4) is 10.6 Å². The van der Waals surface area contributed by atoms with Gasteiger partial charge in [-0.25, -0.2) is 4.98 Å². The lowest BCUT2D eigenvalue weighted by Crippen LogP contribution is -2.40. The maximum atomic E-state index is 13.0. The topological polar surface area (TPSA) is 65.5 Å². The molecule has 1 saturated heterocycles. The molecule has 2 aromatic rings. The van der Waals surface area contributed by atoms with Gasteiger partial charge in [-0.3, -0.25) is 9.59 Å². The molecule has 2 heterocycles. The molecule has 1 aliphatic rings. The number of carbonyl (C=O) groups excluding carboxylic acids is 2. The normalized spacial score (nSPS) is 15.0. The second-order valence-electron chi connectivity index (χ2n) is 7.89. The summed E-state index contributed by atoms with van der Waals surface area (Å²) >= 11 is 1.47. The summed E-state index contributed by atoms with van der Waals surface area (Å²) in [6.07, 6.45) is 2.29. The first-order valence-corrected chi connectivity index (χ1v) is 11.0. The van der Waals surface area contributed by atoms with Crippen LogP contribution in [0.25, 0.3) is 10.6 Å². The van der Waals surface area contributed by atoms with E-state index < -0.39 is 0 Å². The van der Waals surface area contributed by atoms with Crippen LogP contribution in [-0.4, -0.2) is 66.9 Å². The van der Waals surface area contributed by atoms with E-state index in [1.54, 1.807) is 0 Å². The van der Waals surface area contributed by atoms with E-state index >= 15 is 0 Å². The summed E-state index contributed by atoms with van der Waals surface area (Å²) in [7, 11) is 3.99. The Kier molecular flexibility index (Phi) is 7.39. The number of nitrogens with zero attached hydrogens (tertiary/aromatic N) is 3. The number of thiazole rings is 1. The van der Waals surface area contributed by atoms with Gasteiger partial charge in [0, 0.05) is 38.2 Å². The van der Waals surface area contributed by atoms with Crippen LogP contribution in [0.1, 0.15) is 34.6 Å². The second-order valence-corrected chi connectivity index (χ2v) is 8.89. The number of nitrogens with one attached hydrogen (secondary N) is 1. The maximum Gasteiger partial charge on any atom is 0.265 e. The lowest BCUT2D eigenvalue weighted by molar-refractivity contribution is -0.122. The highest BCUT2D eigenvalue weighted by Crippen LogP contribution is 2.30. The Morgan fingerprint density at radius 2 is 1.90 bits per heavy atom. The minimum absolute atomic E-state index is 0.0658. The molecule has 29 heavy (non-hydrogen) atoms. The number of benzene rings is 1. The van der Waals surface area contributed by atoms with Crippen molar-refractivity contribution in [2.75, 3.05) is 40.3 Å². The van der Waals surface area contributed by atoms with Crippen LogP contribution >= 0.6 is 11.3 Å². The van der Waals surface area contributed by atoms with Crippen LogP contribution in [0.5, 0.6) is 0 Å². The Balaban J connectivity index is 1.51. The number of rotatable bonds is 7. The number of carbonyl (C=O) groups is 2. The van der Waals surface area contributed by atoms with Crippen molar-refractivity contribution in [2.45, 2.75) is 26.2 Å². The predicted octanol–water partition coefficient (Wildman–Crippen LogP) is 3.04. The molecular formula is C22H30N4O2S. The summed E-state index contributed by atoms with van der Waals surface area (Å²) in [6, 6.07) is 9.97. The van der Waals surface area contributed by atoms with Gasteiger partial charge in [0.05, 0.1) is 5.69 Å². The van der Waals surface area contributed by atoms with Gasteiger partial charge in [0.15, 0.2) is 0 Å². The Morgan fingerprint density at radius 1 is 1.21 bits per heavy atom. The summed E-state index contributed by atoms with van der Waals surface area (Å²) in [4.78, 5) is 34.4. The van der Waals surface area contributed by atoms with Crippen LogP contribution in [0.15, 0.2) is 30.3 Å². The maximum absolute atomic E-state index is 13.0. The fraction of sp³-hybridized carbons (Fsp3) is 0.500. The van der Waals surface area contributed by atoms with Crippen molar-refractivity contribution in [2.24, 2.45) is 5.92 Å². The van der Waals surface area contributed by atoms with Gasteiger partial charge in [0.1, 0.15) is 9.88 Å². The van der Waals surface area contributed by atoms with Gasteiger partial charge in [0.2, 0.25) is 5.91 Å². The SMILES string of the molecule is Cc1nc(-c2ccccc2)sc1C(=O)N1CCC(CC(=O)NCCN(C)C)CC1. The molecule has 0 bridgehead atoms. The van der Waals surface area contributed by atoms with Crippen LogP contribution in [0.3, 0.4) is 0 Å². The van der Waals surface area contributed by atoms with Gasteiger partial charge in [-0.1, -0.05) is 30.3 Å². The summed E-state index contributed by atoms with van der Waals surface area (Å²) in [5, 5.41) is 3.86. The van der Waals surface area contributed by atoms with E-state index in [4.69, 9.17) is 0 Å². The molecular weight excluding hydrogens is 384 g/mol. The third-order valence-corrected chi connectivity index (χ3v) is 6.46. The molecule has 3 rings (SSSR count). The van der Waals surface area contributed by atoms with Crippen LogP contribution < -0.4 is 5.32 Å². The van der Waals surface area contributed by atoms with Crippen LogP contribution in [0.2, 0.25) is 0 Å². The van der Waals surface area contributed by atoms with Crippen LogP contribution in [0, 0.1) is 12.8 Å². The lowest BCUT2D eigenvalue weighted by atomic mass is 9.93. The zero-order chi connectivity index (χ0) is 20.8. The molecule has 6 nitrogen and oxygen atoms in total. The monoisotopic (exact) mass is 414 g/mol. The van der Waals surface area contributed by atoms with E-state index in [1.165, 1.54) is 11.3 Å². The molecule has 7 heteroatoms. The molecule has 1 aromatic heterocycles. The highest BCUT2D eigenvalue weighted by atomic mass is 32.1. The first kappa shape index (κ1) is 21.5. The van der Waals surface area contributed by atoms with Gasteiger partial charge in [-0.05, 0) is 39.8 Å². The van der Waals surface area contributed by atoms with Crippen molar-refractivity contribution in [1.29, 1.82) is 0 Å². The van der Waals surface area contributed by atoms with Gasteiger partial charge in [-0.2, -0.15) is 0 Å². The summed E-state index contributed by atoms with van der Waals surface area (Å²) < 4.78 is 0. The highest BCUT2D eigenvalue weighted by molar-refractivity contribution is 7.17. The fourth-order valence-corrected chi connectivity index (χ4v) is 4.58. The number of aryl methyl sites for hydroxylation is 1. The second kappa shape index (κ2) is 9.98. The molecule has 1 fully saturated rings. The van der Waals surface area contributed by atoms with Crippen molar-refractivity contribution in [3.05, 3.63) is 40.9 Å². The Labute approximate surface area is 176 Å². The fourth-order valence-electron chi connectivity index (χ4n) is 3.54. The van der Waals surface area contributed by atoms with Crippen molar-refractivity contribution >= 4 is 23.2 Å². The number of likely N-dealkylation sites (N-methyl/N-ethyl adjacent to an activating group) is 1. The van der Waals surface area contributed by atoms with E-state index in [9.17, 15) is 9.59 Å². The minimum atomic E-state index is 0.0658. The predicted molar refractivity (Wildman–Crippen MR) is 117 cm³/mol. The van der Waals surface area contributed by atoms with Gasteiger partial charge in [-0.15, -0.1) is 11.3 Å². The Hall–Kier alpha value is -2.25. The number of hydrogen-bond donors (Lipinski definition) is 1. The highest BCUT2D eigenvalue weighted by Gasteiger charge is 2.27. The van der Waals surface area contributed by atoms with E-state index in [0.717, 1.165) is 40.5 Å². The molecule has 0 atom stereocenters. The Bertz CT molecular complexity index is 827. The minimum Gasteiger partial charge on any atom is -0.355 e. The number of aromatic nitrogens is 1. The molecule has 0 spiro atoms. The third-order valence-electron chi connectivity index (χ3n) is 5.27. The smallest absolute Gasteiger partial charge is 0.265 e. The zero-order valence-electron chi connectivity index (χ0n) is 17.5. The molecule has 2 amide bonds. The van der Waals surface area contributed by atoms with E-state index in [2.05, 4.69) is 15.2 Å². The molecule has 0 aliphatic carbocycles. The third kappa shape index (κ3) is 5.87. The molecule has 0 radical (unpaired) electrons. The summed E-state index contributed by atoms with van der Waals surface area (Å²) in [5.41, 5.74) is 1.83. The zero-order valence-corrected chi connectivity index (χ0v) is 18.3. The van der Waals surface area contributed by atoms with Crippen LogP contribution in [0.4, 0.5) is 0 Å². The van der Waals surface area contributed by atoms with Crippen LogP contribution in [-0.2, 0) is 4.79 Å². The summed E-state index contributed by atoms with van der Waals surface area (Å²) in [6.45, 7) is 4.83. The lowest BCUT2D eigenvalue weighted by Gasteiger charge is -2.31. The Morgan fingerprint density at radius 3 is 2.55 bits per heavy atom. The molecule has 0 saturated carbocycles. The number of hydrogen-bond acceptors (Lipinski definition) is 5. The average molecular weight is 415 g/mol. The van der Waals surface area contributed by atoms with Crippen molar-refractivity contribution in [1.82, 2.24) is 20.1 Å². The number of likely N-dealkylation sites (tertiary alicyclic amines) is 1. The first-order valence-electron chi connectivity index (χ1n) is 10.2. The van der Waals surface area contributed by atoms with E-state index in [-0.39, 0.29) is 11.8 Å². The average Bonchev–Trinajstić information content (AvgIpc) is 3.10. The summed E-state index contributed by atoms with van der Waals surface area (Å²) in [5.74, 6) is 0.527. The van der Waals surface area contributed by atoms with Crippen molar-refractivity contribution in [3.63, 3.8) is 0 Å². The van der Waals surface area contributed by atoms with E-state index in [1.807, 2.05) is 56.3 Å². The largest absolute Gasteiger partial charge is 0.355 e. The molecule has 1 aliphatic heterocycles. The quantitative estimate of drug-likeness (QED) is 0.756. The number of amides is 2. The molecule has 0 unspecified atom stereocenters. The molecule has 1 N–H and O–H groups in total. The van der Waals surface area contributed by atoms with Gasteiger partial charge >= 0.3 is 0 Å². The van der Waals surface area contributed by atoms with Gasteiger partial charge < -0.3 is 15.1 Å².